The molecule has 0 fully saturated rings. The molecule has 0 radical (unpaired) electrons. The van der Waals surface area contributed by atoms with Crippen molar-refractivity contribution in [2.45, 2.75) is 342 Å². The summed E-state index contributed by atoms with van der Waals surface area (Å²) in [7, 11) is -17.1. The molecule has 13 heteroatoms. The Hall–Kier alpha value is 0.571. The molecule has 0 amide bonds. The third-order valence-corrected chi connectivity index (χ3v) is 45.0. The molecule has 0 aliphatic heterocycles. The van der Waals surface area contributed by atoms with Gasteiger partial charge in [-0.25, -0.2) is 0 Å². The Labute approximate surface area is 427 Å². The zero-order valence-electron chi connectivity index (χ0n) is 47.9. The standard InChI is InChI=1S/C54H120O7Si6/c1-15-28-41-62(42-29-16-2,43-30-17-3)57-64(46-33-20-6,47-34-21-7)59-66(50-37-24-10,51-38-25-11)61-67(52-39-26-12,53-40-27-13)60-65(48-35-22-8,49-36-23-9)58-63(44-31-18-4,45-32-19-5)56-54(14)55/h15-53H2,1-14H3. The van der Waals surface area contributed by atoms with Crippen molar-refractivity contribution in [3.05, 3.63) is 0 Å². The topological polar surface area (TPSA) is 72.5 Å². The lowest BCUT2D eigenvalue weighted by molar-refractivity contribution is -0.133. The first-order valence-corrected chi connectivity index (χ1v) is 43.6. The maximum atomic E-state index is 13.3. The maximum Gasteiger partial charge on any atom is 0.392 e. The van der Waals surface area contributed by atoms with E-state index in [-0.39, 0.29) is 5.97 Å². The molecular weight excluding hydrogens is 929 g/mol. The van der Waals surface area contributed by atoms with Gasteiger partial charge >= 0.3 is 42.8 Å². The number of carbonyl (C=O) groups excluding carboxylic acids is 1. The van der Waals surface area contributed by atoms with Gasteiger partial charge in [0.2, 0.25) is 0 Å². The van der Waals surface area contributed by atoms with Crippen LogP contribution in [-0.4, -0.2) is 57.1 Å². The molecule has 0 unspecified atom stereocenters. The van der Waals surface area contributed by atoms with Crippen molar-refractivity contribution < 1.29 is 29.8 Å². The van der Waals surface area contributed by atoms with E-state index in [0.717, 1.165) is 163 Å². The molecule has 0 saturated carbocycles. The summed E-state index contributed by atoms with van der Waals surface area (Å²) in [6, 6.07) is 13.7. The van der Waals surface area contributed by atoms with Crippen LogP contribution in [-0.2, 0) is 29.8 Å². The van der Waals surface area contributed by atoms with E-state index in [1.807, 2.05) is 0 Å². The fourth-order valence-corrected chi connectivity index (χ4v) is 49.8. The van der Waals surface area contributed by atoms with Gasteiger partial charge in [-0.1, -0.05) is 257 Å². The second-order valence-corrected chi connectivity index (χ2v) is 43.4. The van der Waals surface area contributed by atoms with Crippen molar-refractivity contribution in [1.29, 1.82) is 0 Å². The van der Waals surface area contributed by atoms with E-state index in [1.54, 1.807) is 6.92 Å². The Morgan fingerprint density at radius 1 is 0.254 bits per heavy atom. The summed E-state index contributed by atoms with van der Waals surface area (Å²) in [5, 5.41) is 0. The van der Waals surface area contributed by atoms with Gasteiger partial charge in [-0.3, -0.25) is 4.79 Å². The minimum Gasteiger partial charge on any atom is -0.495 e. The fourth-order valence-electron chi connectivity index (χ4n) is 10.2. The summed E-state index contributed by atoms with van der Waals surface area (Å²) in [6.45, 7) is 32.1. The number of hydrogen-bond acceptors (Lipinski definition) is 7. The quantitative estimate of drug-likeness (QED) is 0.0562. The fraction of sp³-hybridized carbons (Fsp3) is 0.981. The van der Waals surface area contributed by atoms with Crippen LogP contribution in [0.15, 0.2) is 0 Å². The summed E-state index contributed by atoms with van der Waals surface area (Å²) in [6.07, 6.45) is 29.6. The van der Waals surface area contributed by atoms with E-state index in [9.17, 15) is 4.79 Å². The van der Waals surface area contributed by atoms with Gasteiger partial charge in [0.25, 0.3) is 5.97 Å². The first kappa shape index (κ1) is 67.6. The van der Waals surface area contributed by atoms with Crippen LogP contribution in [0.4, 0.5) is 0 Å². The molecule has 0 heterocycles. The van der Waals surface area contributed by atoms with Gasteiger partial charge in [0.05, 0.1) is 0 Å². The Kier molecular flexibility index (Phi) is 40.4. The predicted octanol–water partition coefficient (Wildman–Crippen LogP) is 20.2. The van der Waals surface area contributed by atoms with Crippen molar-refractivity contribution in [2.24, 2.45) is 0 Å². The molecule has 0 aromatic heterocycles. The molecule has 0 bridgehead atoms. The van der Waals surface area contributed by atoms with Gasteiger partial charge in [0.1, 0.15) is 0 Å². The first-order valence-electron chi connectivity index (χ1n) is 29.9. The average molecular weight is 1050 g/mol. The second kappa shape index (κ2) is 40.0. The van der Waals surface area contributed by atoms with Crippen LogP contribution in [0.5, 0.6) is 0 Å². The summed E-state index contributed by atoms with van der Waals surface area (Å²) in [4.78, 5) is 13.3. The molecule has 7 nitrogen and oxygen atoms in total. The summed E-state index contributed by atoms with van der Waals surface area (Å²) in [5.74, 6) is -0.180. The van der Waals surface area contributed by atoms with E-state index in [2.05, 4.69) is 90.0 Å². The van der Waals surface area contributed by atoms with Gasteiger partial charge in [-0.2, -0.15) is 0 Å². The van der Waals surface area contributed by atoms with E-state index < -0.39 is 51.1 Å². The maximum absolute atomic E-state index is 13.3. The third-order valence-electron chi connectivity index (χ3n) is 14.3. The molecule has 0 spiro atoms. The van der Waals surface area contributed by atoms with Gasteiger partial charge in [0.15, 0.2) is 8.32 Å². The van der Waals surface area contributed by atoms with Crippen LogP contribution in [0.2, 0.25) is 78.6 Å². The van der Waals surface area contributed by atoms with Crippen LogP contribution in [0.1, 0.15) is 264 Å². The van der Waals surface area contributed by atoms with E-state index in [1.165, 1.54) is 82.3 Å². The summed E-state index contributed by atoms with van der Waals surface area (Å²) >= 11 is 0. The number of rotatable bonds is 50. The summed E-state index contributed by atoms with van der Waals surface area (Å²) < 4.78 is 49.0. The van der Waals surface area contributed by atoms with Crippen LogP contribution < -0.4 is 0 Å². The predicted molar refractivity (Wildman–Crippen MR) is 308 cm³/mol. The SMILES string of the molecule is CCCC[Si](CCCC)(CCCC)O[Si](CCCC)(CCCC)O[Si](CCCC)(CCCC)O[Si](CCCC)(CCCC)O[Si](CCCC)(CCCC)O[Si](CCCC)(CCCC)OC(C)=O. The highest BCUT2D eigenvalue weighted by atomic mass is 28.5. The van der Waals surface area contributed by atoms with Gasteiger partial charge < -0.3 is 25.0 Å². The number of unbranched alkanes of at least 4 members (excludes halogenated alkanes) is 13. The molecule has 0 atom stereocenters. The number of hydrogen-bond donors (Lipinski definition) is 0. The van der Waals surface area contributed by atoms with Crippen LogP contribution >= 0.6 is 0 Å². The zero-order chi connectivity index (χ0) is 50.4. The van der Waals surface area contributed by atoms with E-state index in [4.69, 9.17) is 25.0 Å². The average Bonchev–Trinajstić information content (AvgIpc) is 3.32. The van der Waals surface area contributed by atoms with Crippen molar-refractivity contribution in [1.82, 2.24) is 0 Å². The zero-order valence-corrected chi connectivity index (χ0v) is 53.9. The second-order valence-electron chi connectivity index (χ2n) is 21.2. The monoisotopic (exact) mass is 1050 g/mol. The highest BCUT2D eigenvalue weighted by Gasteiger charge is 2.59. The molecule has 0 saturated heterocycles. The lowest BCUT2D eigenvalue weighted by atomic mass is 10.4. The van der Waals surface area contributed by atoms with Crippen molar-refractivity contribution in [2.75, 3.05) is 0 Å². The minimum atomic E-state index is -3.06. The normalized spacial score (nSPS) is 13.2. The third kappa shape index (κ3) is 27.4. The smallest absolute Gasteiger partial charge is 0.392 e. The molecular formula is C54H120O7Si6. The van der Waals surface area contributed by atoms with Crippen LogP contribution in [0.25, 0.3) is 0 Å². The summed E-state index contributed by atoms with van der Waals surface area (Å²) in [5.41, 5.74) is 0. The molecule has 0 aliphatic carbocycles. The molecule has 0 aromatic carbocycles. The lowest BCUT2D eigenvalue weighted by Gasteiger charge is -2.51. The van der Waals surface area contributed by atoms with Crippen molar-refractivity contribution >= 4 is 57.1 Å². The first-order chi connectivity index (χ1) is 32.2. The minimum absolute atomic E-state index is 0.180. The van der Waals surface area contributed by atoms with Crippen LogP contribution in [0.3, 0.4) is 0 Å². The van der Waals surface area contributed by atoms with Gasteiger partial charge in [0, 0.05) is 19.0 Å². The van der Waals surface area contributed by atoms with Crippen molar-refractivity contribution in [3.8, 4) is 0 Å². The van der Waals surface area contributed by atoms with Crippen molar-refractivity contribution in [3.63, 3.8) is 0 Å². The van der Waals surface area contributed by atoms with E-state index in [0.29, 0.717) is 0 Å². The van der Waals surface area contributed by atoms with E-state index >= 15 is 0 Å². The highest BCUT2D eigenvalue weighted by Crippen LogP contribution is 2.45. The number of carbonyl (C=O) groups is 1. The van der Waals surface area contributed by atoms with Gasteiger partial charge in [-0.15, -0.1) is 0 Å². The molecule has 0 aromatic rings. The van der Waals surface area contributed by atoms with Crippen LogP contribution in [0, 0.1) is 0 Å². The Morgan fingerprint density at radius 2 is 0.418 bits per heavy atom. The molecule has 0 rings (SSSR count). The largest absolute Gasteiger partial charge is 0.495 e. The Morgan fingerprint density at radius 3 is 0.612 bits per heavy atom. The molecule has 402 valence electrons. The lowest BCUT2D eigenvalue weighted by Crippen LogP contribution is -2.66. The Balaban J connectivity index is 8.78. The molecule has 0 N–H and O–H groups in total. The van der Waals surface area contributed by atoms with Gasteiger partial charge in [-0.05, 0) is 66.5 Å². The Bertz CT molecular complexity index is 1100. The highest BCUT2D eigenvalue weighted by molar-refractivity contribution is 6.93. The molecule has 67 heavy (non-hydrogen) atoms. The molecule has 0 aliphatic rings.